The molecule has 0 bridgehead atoms. The Kier molecular flexibility index (Phi) is 5.45. The Morgan fingerprint density at radius 1 is 1.33 bits per heavy atom. The normalized spacial score (nSPS) is 13.2. The summed E-state index contributed by atoms with van der Waals surface area (Å²) in [6.07, 6.45) is 2.27. The predicted octanol–water partition coefficient (Wildman–Crippen LogP) is 4.22. The van der Waals surface area contributed by atoms with Crippen molar-refractivity contribution in [3.63, 3.8) is 0 Å². The van der Waals surface area contributed by atoms with Gasteiger partial charge < -0.3 is 0 Å². The zero-order valence-electron chi connectivity index (χ0n) is 8.32. The summed E-state index contributed by atoms with van der Waals surface area (Å²) in [6, 6.07) is 0. The van der Waals surface area contributed by atoms with E-state index in [0.717, 1.165) is 6.42 Å². The third-order valence-corrected chi connectivity index (χ3v) is 2.46. The molecule has 0 heterocycles. The summed E-state index contributed by atoms with van der Waals surface area (Å²) in [5.41, 5.74) is 0.346. The zero-order valence-corrected chi connectivity index (χ0v) is 12.4. The van der Waals surface area contributed by atoms with Gasteiger partial charge in [-0.05, 0) is 25.7 Å². The molecule has 0 aliphatic carbocycles. The first kappa shape index (κ1) is 13.5. The molecular weight excluding hydrogens is 300 g/mol. The monoisotopic (exact) mass is 318 g/mol. The van der Waals surface area contributed by atoms with Crippen LogP contribution in [0.25, 0.3) is 0 Å². The van der Waals surface area contributed by atoms with E-state index in [9.17, 15) is 0 Å². The first-order valence-electron chi connectivity index (χ1n) is 4.21. The van der Waals surface area contributed by atoms with Gasteiger partial charge in [0.1, 0.15) is 0 Å². The highest BCUT2D eigenvalue weighted by Gasteiger charge is 2.28. The van der Waals surface area contributed by atoms with Crippen molar-refractivity contribution in [3.05, 3.63) is 0 Å². The number of rotatable bonds is 4. The van der Waals surface area contributed by atoms with E-state index in [1.54, 1.807) is 0 Å². The van der Waals surface area contributed by atoms with Crippen LogP contribution in [0, 0.1) is 5.41 Å². The standard InChI is InChI=1S/C8H18BClIP/c1-7(2,6-9(11)12)5-8(3,4)10/h5-6,12H2,1-4H3. The van der Waals surface area contributed by atoms with Crippen molar-refractivity contribution in [2.45, 2.75) is 45.3 Å². The van der Waals surface area contributed by atoms with Gasteiger partial charge in [-0.25, -0.2) is 0 Å². The van der Waals surface area contributed by atoms with Gasteiger partial charge in [-0.2, -0.15) is 9.12 Å². The van der Waals surface area contributed by atoms with Crippen molar-refractivity contribution in [3.8, 4) is 0 Å². The van der Waals surface area contributed by atoms with Crippen LogP contribution in [0.5, 0.6) is 0 Å². The molecule has 0 amide bonds. The first-order chi connectivity index (χ1) is 5.12. The average molecular weight is 318 g/mol. The highest BCUT2D eigenvalue weighted by Crippen LogP contribution is 2.37. The molecule has 0 aromatic carbocycles. The van der Waals surface area contributed by atoms with Gasteiger partial charge >= 0.3 is 0 Å². The second-order valence-corrected chi connectivity index (χ2v) is 9.56. The summed E-state index contributed by atoms with van der Waals surface area (Å²) >= 11 is 8.63. The number of hydrogen-bond acceptors (Lipinski definition) is 0. The van der Waals surface area contributed by atoms with Crippen molar-refractivity contribution in [1.82, 2.24) is 0 Å². The Balaban J connectivity index is 4.04. The molecule has 0 N–H and O–H groups in total. The molecule has 0 aliphatic heterocycles. The lowest BCUT2D eigenvalue weighted by Gasteiger charge is -2.31. The maximum absolute atomic E-state index is 6.19. The Hall–Kier alpha value is 1.51. The van der Waals surface area contributed by atoms with Crippen LogP contribution in [-0.2, 0) is 0 Å². The maximum Gasteiger partial charge on any atom is 0.240 e. The van der Waals surface area contributed by atoms with Crippen molar-refractivity contribution in [2.75, 3.05) is 0 Å². The van der Waals surface area contributed by atoms with E-state index in [0.29, 0.717) is 9.70 Å². The van der Waals surface area contributed by atoms with E-state index in [4.69, 9.17) is 11.6 Å². The number of alkyl halides is 1. The summed E-state index contributed by atoms with van der Waals surface area (Å²) in [4.78, 5) is -0.0697. The Bertz CT molecular complexity index is 142. The predicted molar refractivity (Wildman–Crippen MR) is 72.6 cm³/mol. The van der Waals surface area contributed by atoms with Crippen molar-refractivity contribution in [1.29, 1.82) is 0 Å². The zero-order chi connectivity index (χ0) is 9.99. The molecule has 0 spiro atoms. The van der Waals surface area contributed by atoms with E-state index in [2.05, 4.69) is 59.2 Å². The minimum atomic E-state index is -0.0697. The summed E-state index contributed by atoms with van der Waals surface area (Å²) < 4.78 is 0.650. The molecule has 72 valence electrons. The minimum Gasteiger partial charge on any atom is -0.159 e. The van der Waals surface area contributed by atoms with Crippen LogP contribution in [0.4, 0.5) is 0 Å². The molecule has 0 fully saturated rings. The van der Waals surface area contributed by atoms with E-state index in [1.165, 1.54) is 6.32 Å². The third-order valence-electron chi connectivity index (χ3n) is 1.65. The van der Waals surface area contributed by atoms with Gasteiger partial charge in [-0.15, -0.1) is 34.0 Å². The topological polar surface area (TPSA) is 0 Å². The second kappa shape index (κ2) is 4.84. The molecular formula is C8H18BClIP. The molecule has 0 radical (unpaired) electrons. The van der Waals surface area contributed by atoms with Gasteiger partial charge in [0.2, 0.25) is 4.29 Å². The quantitative estimate of drug-likeness (QED) is 0.315. The van der Waals surface area contributed by atoms with Crippen LogP contribution in [0.1, 0.15) is 34.1 Å². The van der Waals surface area contributed by atoms with Gasteiger partial charge in [0.25, 0.3) is 0 Å². The summed E-state index contributed by atoms with van der Waals surface area (Å²) in [5, 5.41) is 0. The van der Waals surface area contributed by atoms with E-state index in [1.807, 2.05) is 0 Å². The smallest absolute Gasteiger partial charge is 0.159 e. The molecule has 0 saturated heterocycles. The summed E-state index contributed by atoms with van der Waals surface area (Å²) in [6.45, 7) is 8.74. The van der Waals surface area contributed by atoms with Gasteiger partial charge in [-0.1, -0.05) is 20.2 Å². The SMILES string of the molecule is CC(C)(Cl)CC(C)(C)CB(P)I. The minimum absolute atomic E-state index is 0.0697. The van der Waals surface area contributed by atoms with Crippen LogP contribution in [0.2, 0.25) is 6.32 Å². The fourth-order valence-electron chi connectivity index (χ4n) is 1.74. The van der Waals surface area contributed by atoms with Gasteiger partial charge in [0.15, 0.2) is 0 Å². The van der Waals surface area contributed by atoms with Crippen LogP contribution >= 0.6 is 43.1 Å². The average Bonchev–Trinajstić information content (AvgIpc) is 1.48. The van der Waals surface area contributed by atoms with Crippen LogP contribution in [-0.4, -0.2) is 9.16 Å². The molecule has 1 atom stereocenters. The maximum atomic E-state index is 6.19. The van der Waals surface area contributed by atoms with E-state index in [-0.39, 0.29) is 4.87 Å². The molecule has 0 nitrogen and oxygen atoms in total. The summed E-state index contributed by atoms with van der Waals surface area (Å²) in [5.74, 6) is 0. The third kappa shape index (κ3) is 8.13. The molecule has 0 aromatic heterocycles. The lowest BCUT2D eigenvalue weighted by Crippen LogP contribution is -2.25. The summed E-state index contributed by atoms with van der Waals surface area (Å²) in [7, 11) is 2.83. The largest absolute Gasteiger partial charge is 0.240 e. The van der Waals surface area contributed by atoms with Crippen molar-refractivity contribution < 1.29 is 0 Å². The Labute approximate surface area is 97.7 Å². The number of halogens is 2. The van der Waals surface area contributed by atoms with Crippen LogP contribution < -0.4 is 0 Å². The molecule has 0 rings (SSSR count). The van der Waals surface area contributed by atoms with Gasteiger partial charge in [0, 0.05) is 4.87 Å². The lowest BCUT2D eigenvalue weighted by molar-refractivity contribution is 0.335. The molecule has 4 heteroatoms. The van der Waals surface area contributed by atoms with Crippen molar-refractivity contribution in [2.24, 2.45) is 5.41 Å². The van der Waals surface area contributed by atoms with Crippen LogP contribution in [0.15, 0.2) is 0 Å². The fourth-order valence-corrected chi connectivity index (χ4v) is 3.93. The van der Waals surface area contributed by atoms with E-state index < -0.39 is 0 Å². The fraction of sp³-hybridized carbons (Fsp3) is 1.00. The second-order valence-electron chi connectivity index (χ2n) is 4.78. The Morgan fingerprint density at radius 2 is 1.75 bits per heavy atom. The van der Waals surface area contributed by atoms with Gasteiger partial charge in [-0.3, -0.25) is 0 Å². The lowest BCUT2D eigenvalue weighted by atomic mass is 9.73. The van der Waals surface area contributed by atoms with Crippen LogP contribution in [0.3, 0.4) is 0 Å². The molecule has 0 saturated carbocycles. The van der Waals surface area contributed by atoms with E-state index >= 15 is 0 Å². The number of hydrogen-bond donors (Lipinski definition) is 0. The highest BCUT2D eigenvalue weighted by molar-refractivity contribution is 14.1. The molecule has 0 aliphatic rings. The highest BCUT2D eigenvalue weighted by atomic mass is 127. The molecule has 12 heavy (non-hydrogen) atoms. The Morgan fingerprint density at radius 3 is 2.00 bits per heavy atom. The first-order valence-corrected chi connectivity index (χ1v) is 6.50. The molecule has 0 aromatic rings. The van der Waals surface area contributed by atoms with Gasteiger partial charge in [0.05, 0.1) is 0 Å². The molecule has 1 unspecified atom stereocenters. The van der Waals surface area contributed by atoms with Crippen molar-refractivity contribution >= 4 is 47.4 Å².